The Morgan fingerprint density at radius 3 is 1.91 bits per heavy atom. The number of hydrogen-bond acceptors (Lipinski definition) is 0. The summed E-state index contributed by atoms with van der Waals surface area (Å²) in [6.45, 7) is 11.4. The fraction of sp³-hybridized carbons (Fsp3) is 1.00. The van der Waals surface area contributed by atoms with Gasteiger partial charge in [-0.3, -0.25) is 0 Å². The predicted molar refractivity (Wildman–Crippen MR) is 56.2 cm³/mol. The van der Waals surface area contributed by atoms with E-state index in [1.165, 1.54) is 12.8 Å². The first kappa shape index (κ1) is 11.5. The van der Waals surface area contributed by atoms with E-state index in [0.29, 0.717) is 10.2 Å². The van der Waals surface area contributed by atoms with Gasteiger partial charge in [-0.2, -0.15) is 0 Å². The van der Waals surface area contributed by atoms with E-state index in [2.05, 4.69) is 50.5 Å². The second kappa shape index (κ2) is 4.49. The maximum atomic E-state index is 3.69. The van der Waals surface area contributed by atoms with Gasteiger partial charge < -0.3 is 0 Å². The lowest BCUT2D eigenvalue weighted by Gasteiger charge is -2.21. The van der Waals surface area contributed by atoms with Gasteiger partial charge in [0.25, 0.3) is 0 Å². The lowest BCUT2D eigenvalue weighted by atomic mass is 9.88. The maximum Gasteiger partial charge on any atom is 0.0169 e. The quantitative estimate of drug-likeness (QED) is 0.625. The Labute approximate surface area is 79.9 Å². The Morgan fingerprint density at radius 1 is 1.18 bits per heavy atom. The molecular formula is C10H21Br. The van der Waals surface area contributed by atoms with Crippen molar-refractivity contribution in [2.75, 3.05) is 0 Å². The van der Waals surface area contributed by atoms with Crippen LogP contribution in [0.3, 0.4) is 0 Å². The van der Waals surface area contributed by atoms with Crippen LogP contribution < -0.4 is 0 Å². The van der Waals surface area contributed by atoms with E-state index in [0.717, 1.165) is 5.92 Å². The van der Waals surface area contributed by atoms with E-state index >= 15 is 0 Å². The average molecular weight is 221 g/mol. The predicted octanol–water partition coefficient (Wildman–Crippen LogP) is 4.23. The standard InChI is InChI=1S/C10H21Br/c1-8(2)9(11)6-7-10(3,4)5/h8-9H,6-7H2,1-5H3. The first-order valence-corrected chi connectivity index (χ1v) is 5.38. The summed E-state index contributed by atoms with van der Waals surface area (Å²) in [5.41, 5.74) is 0.487. The van der Waals surface area contributed by atoms with Crippen LogP contribution in [-0.4, -0.2) is 4.83 Å². The van der Waals surface area contributed by atoms with E-state index in [-0.39, 0.29) is 0 Å². The number of halogens is 1. The Morgan fingerprint density at radius 2 is 1.64 bits per heavy atom. The Balaban J connectivity index is 3.54. The molecule has 0 radical (unpaired) electrons. The van der Waals surface area contributed by atoms with Gasteiger partial charge in [0.2, 0.25) is 0 Å². The van der Waals surface area contributed by atoms with Gasteiger partial charge in [0.05, 0.1) is 0 Å². The Kier molecular flexibility index (Phi) is 4.69. The SMILES string of the molecule is CC(C)C(Br)CCC(C)(C)C. The normalized spacial score (nSPS) is 15.5. The van der Waals surface area contributed by atoms with Crippen molar-refractivity contribution in [3.05, 3.63) is 0 Å². The summed E-state index contributed by atoms with van der Waals surface area (Å²) in [5.74, 6) is 0.761. The van der Waals surface area contributed by atoms with Gasteiger partial charge in [-0.25, -0.2) is 0 Å². The van der Waals surface area contributed by atoms with Gasteiger partial charge in [-0.05, 0) is 24.2 Å². The van der Waals surface area contributed by atoms with Crippen molar-refractivity contribution in [2.24, 2.45) is 11.3 Å². The van der Waals surface area contributed by atoms with Gasteiger partial charge in [-0.1, -0.05) is 50.5 Å². The molecule has 1 unspecified atom stereocenters. The lowest BCUT2D eigenvalue weighted by molar-refractivity contribution is 0.353. The molecule has 0 heterocycles. The minimum absolute atomic E-state index is 0.487. The van der Waals surface area contributed by atoms with Gasteiger partial charge in [0, 0.05) is 4.83 Å². The molecule has 0 aliphatic heterocycles. The summed E-state index contributed by atoms with van der Waals surface area (Å²) in [6.07, 6.45) is 2.60. The van der Waals surface area contributed by atoms with Crippen molar-refractivity contribution in [3.63, 3.8) is 0 Å². The molecule has 0 aromatic carbocycles. The van der Waals surface area contributed by atoms with Crippen LogP contribution >= 0.6 is 15.9 Å². The first-order valence-electron chi connectivity index (χ1n) is 4.47. The maximum absolute atomic E-state index is 3.69. The molecule has 0 bridgehead atoms. The smallest absolute Gasteiger partial charge is 0.0169 e. The molecule has 1 atom stereocenters. The summed E-state index contributed by atoms with van der Waals surface area (Å²) in [7, 11) is 0. The van der Waals surface area contributed by atoms with Crippen molar-refractivity contribution in [2.45, 2.75) is 52.3 Å². The molecule has 0 aliphatic carbocycles. The van der Waals surface area contributed by atoms with Crippen LogP contribution in [0.1, 0.15) is 47.5 Å². The fourth-order valence-electron chi connectivity index (χ4n) is 0.904. The molecule has 0 nitrogen and oxygen atoms in total. The van der Waals surface area contributed by atoms with Gasteiger partial charge >= 0.3 is 0 Å². The second-order valence-corrected chi connectivity index (χ2v) is 6.04. The highest BCUT2D eigenvalue weighted by Crippen LogP contribution is 2.26. The molecule has 68 valence electrons. The first-order chi connectivity index (χ1) is 4.83. The summed E-state index contributed by atoms with van der Waals surface area (Å²) in [5, 5.41) is 0. The number of alkyl halides is 1. The second-order valence-electron chi connectivity index (χ2n) is 4.86. The lowest BCUT2D eigenvalue weighted by Crippen LogP contribution is -2.12. The van der Waals surface area contributed by atoms with E-state index in [1.54, 1.807) is 0 Å². The van der Waals surface area contributed by atoms with Crippen LogP contribution in [0, 0.1) is 11.3 Å². The minimum atomic E-state index is 0.487. The molecule has 0 N–H and O–H groups in total. The molecule has 0 rings (SSSR count). The molecule has 0 saturated carbocycles. The highest BCUT2D eigenvalue weighted by atomic mass is 79.9. The average Bonchev–Trinajstić information content (AvgIpc) is 1.80. The molecule has 0 saturated heterocycles. The Hall–Kier alpha value is 0.480. The van der Waals surface area contributed by atoms with E-state index in [9.17, 15) is 0 Å². The highest BCUT2D eigenvalue weighted by molar-refractivity contribution is 9.09. The van der Waals surface area contributed by atoms with E-state index in [4.69, 9.17) is 0 Å². The van der Waals surface area contributed by atoms with Crippen LogP contribution in [-0.2, 0) is 0 Å². The molecule has 0 spiro atoms. The molecule has 0 aliphatic rings. The van der Waals surface area contributed by atoms with Gasteiger partial charge in [0.15, 0.2) is 0 Å². The van der Waals surface area contributed by atoms with E-state index in [1.807, 2.05) is 0 Å². The molecule has 0 aromatic heterocycles. The highest BCUT2D eigenvalue weighted by Gasteiger charge is 2.15. The number of rotatable bonds is 3. The molecular weight excluding hydrogens is 200 g/mol. The minimum Gasteiger partial charge on any atom is -0.0888 e. The fourth-order valence-corrected chi connectivity index (χ4v) is 1.13. The molecule has 0 fully saturated rings. The van der Waals surface area contributed by atoms with Gasteiger partial charge in [-0.15, -0.1) is 0 Å². The summed E-state index contributed by atoms with van der Waals surface area (Å²) in [4.78, 5) is 0.696. The zero-order valence-corrected chi connectivity index (χ0v) is 10.0. The molecule has 0 aromatic rings. The molecule has 11 heavy (non-hydrogen) atoms. The van der Waals surface area contributed by atoms with Crippen LogP contribution in [0.15, 0.2) is 0 Å². The van der Waals surface area contributed by atoms with Gasteiger partial charge in [0.1, 0.15) is 0 Å². The third-order valence-corrected chi connectivity index (χ3v) is 3.41. The van der Waals surface area contributed by atoms with Crippen LogP contribution in [0.25, 0.3) is 0 Å². The molecule has 0 amide bonds. The summed E-state index contributed by atoms with van der Waals surface area (Å²) < 4.78 is 0. The summed E-state index contributed by atoms with van der Waals surface area (Å²) in [6, 6.07) is 0. The number of hydrogen-bond donors (Lipinski definition) is 0. The Bertz CT molecular complexity index is 99.9. The third-order valence-electron chi connectivity index (χ3n) is 1.89. The van der Waals surface area contributed by atoms with Crippen LogP contribution in [0.2, 0.25) is 0 Å². The summed E-state index contributed by atoms with van der Waals surface area (Å²) >= 11 is 3.69. The van der Waals surface area contributed by atoms with Crippen molar-refractivity contribution in [1.29, 1.82) is 0 Å². The topological polar surface area (TPSA) is 0 Å². The van der Waals surface area contributed by atoms with Crippen molar-refractivity contribution < 1.29 is 0 Å². The third kappa shape index (κ3) is 6.86. The van der Waals surface area contributed by atoms with Crippen molar-refractivity contribution in [3.8, 4) is 0 Å². The monoisotopic (exact) mass is 220 g/mol. The zero-order chi connectivity index (χ0) is 9.07. The van der Waals surface area contributed by atoms with Crippen molar-refractivity contribution in [1.82, 2.24) is 0 Å². The zero-order valence-electron chi connectivity index (χ0n) is 8.45. The van der Waals surface area contributed by atoms with Crippen molar-refractivity contribution >= 4 is 15.9 Å². The van der Waals surface area contributed by atoms with Crippen LogP contribution in [0.4, 0.5) is 0 Å². The largest absolute Gasteiger partial charge is 0.0888 e. The van der Waals surface area contributed by atoms with Crippen LogP contribution in [0.5, 0.6) is 0 Å². The molecule has 1 heteroatoms. The van der Waals surface area contributed by atoms with E-state index < -0.39 is 0 Å².